The molecule has 0 saturated carbocycles. The van der Waals surface area contributed by atoms with Gasteiger partial charge >= 0.3 is 18.2 Å². The van der Waals surface area contributed by atoms with E-state index in [1.54, 1.807) is 6.07 Å². The summed E-state index contributed by atoms with van der Waals surface area (Å²) in [5.74, 6) is -1.12. The number of carboxylic acid groups (broad SMARTS) is 1. The molecule has 2 amide bonds. The molecule has 2 N–H and O–H groups in total. The molecule has 0 aliphatic carbocycles. The molecule has 0 spiro atoms. The smallest absolute Gasteiger partial charge is 0.390 e. The standard InChI is InChI=1S/C13H13F3N2O3/c14-13(15,16)4-5-17-12(21)18-6-3-8-1-2-9(11(19)20)7-10(8)18/h1-2,7H,3-6H2,(H,17,21)(H,19,20). The van der Waals surface area contributed by atoms with Gasteiger partial charge in [-0.2, -0.15) is 13.2 Å². The Morgan fingerprint density at radius 3 is 2.67 bits per heavy atom. The van der Waals surface area contributed by atoms with Crippen LogP contribution in [0.25, 0.3) is 0 Å². The minimum atomic E-state index is -4.33. The summed E-state index contributed by atoms with van der Waals surface area (Å²) in [5, 5.41) is 11.1. The number of amides is 2. The molecule has 1 aromatic rings. The Hall–Kier alpha value is -2.25. The second-order valence-electron chi connectivity index (χ2n) is 4.65. The number of nitrogens with one attached hydrogen (secondary N) is 1. The van der Waals surface area contributed by atoms with Gasteiger partial charge in [0, 0.05) is 18.8 Å². The molecule has 0 atom stereocenters. The second kappa shape index (κ2) is 5.63. The summed E-state index contributed by atoms with van der Waals surface area (Å²) in [5.41, 5.74) is 1.26. The van der Waals surface area contributed by atoms with Crippen molar-refractivity contribution in [3.8, 4) is 0 Å². The zero-order valence-electron chi connectivity index (χ0n) is 10.9. The van der Waals surface area contributed by atoms with Crippen molar-refractivity contribution in [2.45, 2.75) is 19.0 Å². The maximum absolute atomic E-state index is 12.0. The quantitative estimate of drug-likeness (QED) is 0.901. The van der Waals surface area contributed by atoms with Crippen molar-refractivity contribution in [3.05, 3.63) is 29.3 Å². The number of aromatic carboxylic acids is 1. The number of carboxylic acids is 1. The van der Waals surface area contributed by atoms with E-state index in [0.29, 0.717) is 18.7 Å². The first kappa shape index (κ1) is 15.1. The minimum absolute atomic E-state index is 0.0312. The van der Waals surface area contributed by atoms with Gasteiger partial charge in [0.05, 0.1) is 12.0 Å². The highest BCUT2D eigenvalue weighted by atomic mass is 19.4. The number of anilines is 1. The highest BCUT2D eigenvalue weighted by Gasteiger charge is 2.29. The molecular weight excluding hydrogens is 289 g/mol. The number of hydrogen-bond donors (Lipinski definition) is 2. The van der Waals surface area contributed by atoms with Gasteiger partial charge in [-0.25, -0.2) is 9.59 Å². The van der Waals surface area contributed by atoms with Gasteiger partial charge in [-0.05, 0) is 24.1 Å². The van der Waals surface area contributed by atoms with Gasteiger partial charge in [-0.15, -0.1) is 0 Å². The van der Waals surface area contributed by atoms with Crippen LogP contribution in [0.4, 0.5) is 23.7 Å². The maximum Gasteiger partial charge on any atom is 0.390 e. The molecule has 0 unspecified atom stereocenters. The van der Waals surface area contributed by atoms with Crippen LogP contribution in [0.5, 0.6) is 0 Å². The van der Waals surface area contributed by atoms with E-state index >= 15 is 0 Å². The van der Waals surface area contributed by atoms with Crippen molar-refractivity contribution >= 4 is 17.7 Å². The summed E-state index contributed by atoms with van der Waals surface area (Å²) < 4.78 is 36.1. The summed E-state index contributed by atoms with van der Waals surface area (Å²) in [6, 6.07) is 3.75. The van der Waals surface area contributed by atoms with Gasteiger partial charge in [0.15, 0.2) is 0 Å². The molecule has 8 heteroatoms. The maximum atomic E-state index is 12.0. The number of rotatable bonds is 3. The van der Waals surface area contributed by atoms with Gasteiger partial charge in [-0.1, -0.05) is 6.07 Å². The lowest BCUT2D eigenvalue weighted by atomic mass is 10.1. The summed E-state index contributed by atoms with van der Waals surface area (Å²) in [6.45, 7) is -0.191. The number of fused-ring (bicyclic) bond motifs is 1. The monoisotopic (exact) mass is 302 g/mol. The summed E-state index contributed by atoms with van der Waals surface area (Å²) >= 11 is 0. The van der Waals surface area contributed by atoms with E-state index in [0.717, 1.165) is 5.56 Å². The van der Waals surface area contributed by atoms with Crippen molar-refractivity contribution in [1.29, 1.82) is 0 Å². The van der Waals surface area contributed by atoms with Crippen LogP contribution in [0.15, 0.2) is 18.2 Å². The average molecular weight is 302 g/mol. The van der Waals surface area contributed by atoms with E-state index in [9.17, 15) is 22.8 Å². The fourth-order valence-corrected chi connectivity index (χ4v) is 2.13. The number of carbonyl (C=O) groups excluding carboxylic acids is 1. The largest absolute Gasteiger partial charge is 0.478 e. The molecule has 1 aromatic carbocycles. The molecular formula is C13H13F3N2O3. The lowest BCUT2D eigenvalue weighted by Crippen LogP contribution is -2.40. The molecule has 0 radical (unpaired) electrons. The van der Waals surface area contributed by atoms with Crippen LogP contribution in [0.3, 0.4) is 0 Å². The van der Waals surface area contributed by atoms with Crippen LogP contribution in [0.1, 0.15) is 22.3 Å². The van der Waals surface area contributed by atoms with Crippen molar-refractivity contribution in [3.63, 3.8) is 0 Å². The Kier molecular flexibility index (Phi) is 4.06. The van der Waals surface area contributed by atoms with Gasteiger partial charge in [0.2, 0.25) is 0 Å². The summed E-state index contributed by atoms with van der Waals surface area (Å²) in [6.07, 6.45) is -4.89. The molecule has 5 nitrogen and oxygen atoms in total. The molecule has 0 bridgehead atoms. The predicted molar refractivity (Wildman–Crippen MR) is 68.5 cm³/mol. The van der Waals surface area contributed by atoms with Gasteiger partial charge < -0.3 is 10.4 Å². The van der Waals surface area contributed by atoms with Gasteiger partial charge in [0.1, 0.15) is 0 Å². The SMILES string of the molecule is O=C(O)c1ccc2c(c1)N(C(=O)NCCC(F)(F)F)CC2. The van der Waals surface area contributed by atoms with E-state index in [1.807, 2.05) is 0 Å². The van der Waals surface area contributed by atoms with Crippen LogP contribution >= 0.6 is 0 Å². The van der Waals surface area contributed by atoms with Gasteiger partial charge in [-0.3, -0.25) is 4.90 Å². The van der Waals surface area contributed by atoms with E-state index in [-0.39, 0.29) is 5.56 Å². The number of halogens is 3. The Morgan fingerprint density at radius 1 is 1.33 bits per heavy atom. The number of benzene rings is 1. The van der Waals surface area contributed by atoms with Crippen LogP contribution in [-0.2, 0) is 6.42 Å². The zero-order chi connectivity index (χ0) is 15.6. The first-order valence-corrected chi connectivity index (χ1v) is 6.26. The van der Waals surface area contributed by atoms with Crippen molar-refractivity contribution < 1.29 is 27.9 Å². The normalized spacial score (nSPS) is 14.0. The number of hydrogen-bond acceptors (Lipinski definition) is 2. The van der Waals surface area contributed by atoms with E-state index < -0.39 is 31.1 Å². The number of carbonyl (C=O) groups is 2. The zero-order valence-corrected chi connectivity index (χ0v) is 10.9. The van der Waals surface area contributed by atoms with Crippen molar-refractivity contribution in [2.75, 3.05) is 18.0 Å². The first-order valence-electron chi connectivity index (χ1n) is 6.26. The molecule has 21 heavy (non-hydrogen) atoms. The molecule has 0 saturated heterocycles. The number of nitrogens with zero attached hydrogens (tertiary/aromatic N) is 1. The average Bonchev–Trinajstić information content (AvgIpc) is 2.79. The van der Waals surface area contributed by atoms with E-state index in [1.165, 1.54) is 17.0 Å². The Labute approximate surface area is 118 Å². The third-order valence-corrected chi connectivity index (χ3v) is 3.16. The Morgan fingerprint density at radius 2 is 2.05 bits per heavy atom. The minimum Gasteiger partial charge on any atom is -0.478 e. The first-order chi connectivity index (χ1) is 9.78. The highest BCUT2D eigenvalue weighted by Crippen LogP contribution is 2.29. The third kappa shape index (κ3) is 3.65. The fourth-order valence-electron chi connectivity index (χ4n) is 2.13. The van der Waals surface area contributed by atoms with Crippen molar-refractivity contribution in [1.82, 2.24) is 5.32 Å². The molecule has 1 aliphatic rings. The molecule has 1 aliphatic heterocycles. The van der Waals surface area contributed by atoms with E-state index in [4.69, 9.17) is 5.11 Å². The Balaban J connectivity index is 2.05. The summed E-state index contributed by atoms with van der Waals surface area (Å²) in [7, 11) is 0. The van der Waals surface area contributed by atoms with Crippen LogP contribution < -0.4 is 10.2 Å². The molecule has 0 fully saturated rings. The number of urea groups is 1. The molecule has 0 aromatic heterocycles. The molecule has 1 heterocycles. The lowest BCUT2D eigenvalue weighted by Gasteiger charge is -2.18. The third-order valence-electron chi connectivity index (χ3n) is 3.16. The van der Waals surface area contributed by atoms with Crippen LogP contribution in [0.2, 0.25) is 0 Å². The molecule has 2 rings (SSSR count). The topological polar surface area (TPSA) is 69.6 Å². The highest BCUT2D eigenvalue weighted by molar-refractivity contribution is 5.96. The molecule has 114 valence electrons. The second-order valence-corrected chi connectivity index (χ2v) is 4.65. The van der Waals surface area contributed by atoms with Gasteiger partial charge in [0.25, 0.3) is 0 Å². The lowest BCUT2D eigenvalue weighted by molar-refractivity contribution is -0.132. The van der Waals surface area contributed by atoms with Crippen LogP contribution in [0, 0.1) is 0 Å². The predicted octanol–water partition coefficient (Wildman–Crippen LogP) is 2.41. The fraction of sp³-hybridized carbons (Fsp3) is 0.385. The summed E-state index contributed by atoms with van der Waals surface area (Å²) in [4.78, 5) is 24.1. The number of alkyl halides is 3. The van der Waals surface area contributed by atoms with Crippen LogP contribution in [-0.4, -0.2) is 36.4 Å². The van der Waals surface area contributed by atoms with Crippen molar-refractivity contribution in [2.24, 2.45) is 0 Å². The van der Waals surface area contributed by atoms with E-state index in [2.05, 4.69) is 5.32 Å². The Bertz CT molecular complexity index is 572.